The molecule has 0 saturated heterocycles. The number of aliphatic carboxylic acids is 1. The van der Waals surface area contributed by atoms with Gasteiger partial charge in [0.2, 0.25) is 0 Å². The van der Waals surface area contributed by atoms with E-state index in [4.69, 9.17) is 14.6 Å². The molecule has 0 atom stereocenters. The molecule has 0 aliphatic carbocycles. The van der Waals surface area contributed by atoms with E-state index in [2.05, 4.69) is 10.5 Å². The maximum atomic E-state index is 10.3. The molecule has 0 aliphatic heterocycles. The van der Waals surface area contributed by atoms with Gasteiger partial charge in [0.25, 0.3) is 0 Å². The maximum Gasteiger partial charge on any atom is 0.351 e. The molecule has 0 aliphatic rings. The van der Waals surface area contributed by atoms with Gasteiger partial charge in [-0.1, -0.05) is 0 Å². The van der Waals surface area contributed by atoms with Crippen molar-refractivity contribution >= 4 is 11.7 Å². The fourth-order valence-corrected chi connectivity index (χ4v) is 0.704. The van der Waals surface area contributed by atoms with Crippen molar-refractivity contribution in [2.75, 3.05) is 33.0 Å². The highest BCUT2D eigenvalue weighted by Crippen LogP contribution is 1.78. The summed E-state index contributed by atoms with van der Waals surface area (Å²) in [6, 6.07) is 0. The molecule has 2 N–H and O–H groups in total. The SMILES string of the molecule is CCOCCOCCNN=C(C)C(=O)O. The highest BCUT2D eigenvalue weighted by molar-refractivity contribution is 6.34. The second-order valence-corrected chi connectivity index (χ2v) is 2.72. The summed E-state index contributed by atoms with van der Waals surface area (Å²) in [6.45, 7) is 6.10. The quantitative estimate of drug-likeness (QED) is 0.326. The van der Waals surface area contributed by atoms with E-state index >= 15 is 0 Å². The molecule has 0 aromatic carbocycles. The Morgan fingerprint density at radius 1 is 1.33 bits per heavy atom. The van der Waals surface area contributed by atoms with Gasteiger partial charge in [-0.05, 0) is 13.8 Å². The Morgan fingerprint density at radius 3 is 2.60 bits per heavy atom. The molecule has 0 aromatic rings. The largest absolute Gasteiger partial charge is 0.477 e. The van der Waals surface area contributed by atoms with Crippen LogP contribution in [-0.4, -0.2) is 49.8 Å². The van der Waals surface area contributed by atoms with Crippen molar-refractivity contribution in [3.05, 3.63) is 0 Å². The number of hydrogen-bond acceptors (Lipinski definition) is 5. The summed E-state index contributed by atoms with van der Waals surface area (Å²) in [5, 5.41) is 12.1. The molecule has 0 saturated carbocycles. The standard InChI is InChI=1S/C9H18N2O4/c1-3-14-6-7-15-5-4-10-11-8(2)9(12)13/h10H,3-7H2,1-2H3,(H,12,13). The maximum absolute atomic E-state index is 10.3. The van der Waals surface area contributed by atoms with Gasteiger partial charge in [0.1, 0.15) is 5.71 Å². The molecule has 0 heterocycles. The average molecular weight is 218 g/mol. The van der Waals surface area contributed by atoms with Crippen LogP contribution >= 0.6 is 0 Å². The Morgan fingerprint density at radius 2 is 2.00 bits per heavy atom. The van der Waals surface area contributed by atoms with E-state index in [1.165, 1.54) is 6.92 Å². The van der Waals surface area contributed by atoms with E-state index < -0.39 is 5.97 Å². The molecule has 15 heavy (non-hydrogen) atoms. The van der Waals surface area contributed by atoms with E-state index in [0.717, 1.165) is 0 Å². The first-order valence-corrected chi connectivity index (χ1v) is 4.84. The highest BCUT2D eigenvalue weighted by atomic mass is 16.5. The van der Waals surface area contributed by atoms with Crippen molar-refractivity contribution < 1.29 is 19.4 Å². The van der Waals surface area contributed by atoms with Gasteiger partial charge in [0.15, 0.2) is 0 Å². The van der Waals surface area contributed by atoms with Crippen LogP contribution in [0.25, 0.3) is 0 Å². The lowest BCUT2D eigenvalue weighted by molar-refractivity contribution is -0.129. The van der Waals surface area contributed by atoms with Gasteiger partial charge in [0.05, 0.1) is 26.4 Å². The molecular weight excluding hydrogens is 200 g/mol. The van der Waals surface area contributed by atoms with Crippen LogP contribution in [0, 0.1) is 0 Å². The van der Waals surface area contributed by atoms with E-state index in [-0.39, 0.29) is 5.71 Å². The van der Waals surface area contributed by atoms with Crippen molar-refractivity contribution in [1.82, 2.24) is 5.43 Å². The van der Waals surface area contributed by atoms with Crippen molar-refractivity contribution in [3.63, 3.8) is 0 Å². The zero-order valence-corrected chi connectivity index (χ0v) is 9.15. The lowest BCUT2D eigenvalue weighted by atomic mass is 10.4. The van der Waals surface area contributed by atoms with Gasteiger partial charge in [-0.15, -0.1) is 0 Å². The van der Waals surface area contributed by atoms with E-state index in [1.807, 2.05) is 6.92 Å². The second-order valence-electron chi connectivity index (χ2n) is 2.72. The number of rotatable bonds is 9. The summed E-state index contributed by atoms with van der Waals surface area (Å²) < 4.78 is 10.2. The van der Waals surface area contributed by atoms with Crippen LogP contribution in [0.3, 0.4) is 0 Å². The smallest absolute Gasteiger partial charge is 0.351 e. The summed E-state index contributed by atoms with van der Waals surface area (Å²) in [6.07, 6.45) is 0. The van der Waals surface area contributed by atoms with Gasteiger partial charge in [-0.2, -0.15) is 5.10 Å². The molecule has 6 nitrogen and oxygen atoms in total. The zero-order chi connectivity index (χ0) is 11.5. The van der Waals surface area contributed by atoms with Crippen molar-refractivity contribution in [2.45, 2.75) is 13.8 Å². The molecule has 0 radical (unpaired) electrons. The number of carboxylic acids is 1. The normalized spacial score (nSPS) is 11.5. The predicted octanol–water partition coefficient (Wildman–Crippen LogP) is 0.0896. The molecule has 88 valence electrons. The minimum atomic E-state index is -1.03. The minimum absolute atomic E-state index is 0.0318. The third-order valence-corrected chi connectivity index (χ3v) is 1.49. The fraction of sp³-hybridized carbons (Fsp3) is 0.778. The van der Waals surface area contributed by atoms with Crippen molar-refractivity contribution in [2.24, 2.45) is 5.10 Å². The monoisotopic (exact) mass is 218 g/mol. The molecular formula is C9H18N2O4. The lowest BCUT2D eigenvalue weighted by Crippen LogP contribution is -2.19. The Labute approximate surface area is 89.3 Å². The summed E-state index contributed by atoms with van der Waals surface area (Å²) in [5.41, 5.74) is 2.63. The third-order valence-electron chi connectivity index (χ3n) is 1.49. The Balaban J connectivity index is 3.25. The highest BCUT2D eigenvalue weighted by Gasteiger charge is 1.99. The van der Waals surface area contributed by atoms with E-state index in [1.54, 1.807) is 0 Å². The van der Waals surface area contributed by atoms with Crippen molar-refractivity contribution in [3.8, 4) is 0 Å². The fourth-order valence-electron chi connectivity index (χ4n) is 0.704. The van der Waals surface area contributed by atoms with Crippen LogP contribution < -0.4 is 5.43 Å². The van der Waals surface area contributed by atoms with Crippen LogP contribution in [-0.2, 0) is 14.3 Å². The van der Waals surface area contributed by atoms with Crippen LogP contribution in [0.1, 0.15) is 13.8 Å². The molecule has 0 aromatic heterocycles. The molecule has 0 fully saturated rings. The topological polar surface area (TPSA) is 80.2 Å². The van der Waals surface area contributed by atoms with Crippen LogP contribution in [0.15, 0.2) is 5.10 Å². The Hall–Kier alpha value is -1.14. The number of carboxylic acid groups (broad SMARTS) is 1. The van der Waals surface area contributed by atoms with Crippen LogP contribution in [0.2, 0.25) is 0 Å². The van der Waals surface area contributed by atoms with Crippen molar-refractivity contribution in [1.29, 1.82) is 0 Å². The summed E-state index contributed by atoms with van der Waals surface area (Å²) in [4.78, 5) is 10.3. The summed E-state index contributed by atoms with van der Waals surface area (Å²) in [5.74, 6) is -1.03. The predicted molar refractivity (Wildman–Crippen MR) is 56.1 cm³/mol. The number of nitrogens with zero attached hydrogens (tertiary/aromatic N) is 1. The average Bonchev–Trinajstić information content (AvgIpc) is 2.21. The molecule has 0 bridgehead atoms. The molecule has 6 heteroatoms. The number of ether oxygens (including phenoxy) is 2. The number of hydrogen-bond donors (Lipinski definition) is 2. The summed E-state index contributed by atoms with van der Waals surface area (Å²) in [7, 11) is 0. The number of carbonyl (C=O) groups is 1. The van der Waals surface area contributed by atoms with Crippen LogP contribution in [0.5, 0.6) is 0 Å². The first kappa shape index (κ1) is 13.9. The molecule has 0 rings (SSSR count). The van der Waals surface area contributed by atoms with Gasteiger partial charge < -0.3 is 20.0 Å². The van der Waals surface area contributed by atoms with Gasteiger partial charge >= 0.3 is 5.97 Å². The van der Waals surface area contributed by atoms with Crippen LogP contribution in [0.4, 0.5) is 0 Å². The molecule has 0 amide bonds. The number of hydrazone groups is 1. The van der Waals surface area contributed by atoms with Gasteiger partial charge in [0, 0.05) is 6.61 Å². The Bertz CT molecular complexity index is 206. The Kier molecular flexibility index (Phi) is 8.70. The van der Waals surface area contributed by atoms with Gasteiger partial charge in [-0.25, -0.2) is 4.79 Å². The first-order valence-electron chi connectivity index (χ1n) is 4.84. The molecule has 0 spiro atoms. The molecule has 0 unspecified atom stereocenters. The van der Waals surface area contributed by atoms with E-state index in [9.17, 15) is 4.79 Å². The third kappa shape index (κ3) is 9.17. The first-order chi connectivity index (χ1) is 7.18. The van der Waals surface area contributed by atoms with Gasteiger partial charge in [-0.3, -0.25) is 0 Å². The second kappa shape index (κ2) is 9.42. The number of nitrogens with one attached hydrogen (secondary N) is 1. The minimum Gasteiger partial charge on any atom is -0.477 e. The van der Waals surface area contributed by atoms with E-state index in [0.29, 0.717) is 33.0 Å². The zero-order valence-electron chi connectivity index (χ0n) is 9.15. The summed E-state index contributed by atoms with van der Waals surface area (Å²) >= 11 is 0. The lowest BCUT2D eigenvalue weighted by Gasteiger charge is -2.04.